The van der Waals surface area contributed by atoms with Gasteiger partial charge in [0.25, 0.3) is 11.8 Å². The van der Waals surface area contributed by atoms with Crippen molar-refractivity contribution in [3.8, 4) is 5.75 Å². The van der Waals surface area contributed by atoms with Gasteiger partial charge in [-0.25, -0.2) is 0 Å². The molecule has 2 aliphatic rings. The van der Waals surface area contributed by atoms with E-state index in [0.717, 1.165) is 11.1 Å². The smallest absolute Gasteiger partial charge is 0.253 e. The van der Waals surface area contributed by atoms with Crippen LogP contribution in [0, 0.1) is 0 Å². The van der Waals surface area contributed by atoms with Crippen LogP contribution in [0.5, 0.6) is 5.75 Å². The molecule has 2 aliphatic heterocycles. The Morgan fingerprint density at radius 3 is 2.74 bits per heavy atom. The lowest BCUT2D eigenvalue weighted by Gasteiger charge is -2.29. The Labute approximate surface area is 182 Å². The van der Waals surface area contributed by atoms with Crippen molar-refractivity contribution in [3.63, 3.8) is 0 Å². The van der Waals surface area contributed by atoms with E-state index >= 15 is 0 Å². The summed E-state index contributed by atoms with van der Waals surface area (Å²) < 4.78 is 11.5. The lowest BCUT2D eigenvalue weighted by Crippen LogP contribution is -2.40. The van der Waals surface area contributed by atoms with Gasteiger partial charge in [-0.1, -0.05) is 12.1 Å². The van der Waals surface area contributed by atoms with Gasteiger partial charge in [0, 0.05) is 37.2 Å². The average Bonchev–Trinajstić information content (AvgIpc) is 2.79. The van der Waals surface area contributed by atoms with Crippen LogP contribution in [0.3, 0.4) is 0 Å². The summed E-state index contributed by atoms with van der Waals surface area (Å²) in [6.07, 6.45) is 1.43. The predicted octanol–water partition coefficient (Wildman–Crippen LogP) is 2.01. The molecular formula is C24H28N2O5. The summed E-state index contributed by atoms with van der Waals surface area (Å²) in [4.78, 5) is 27.2. The number of hydrogen-bond donors (Lipinski definition) is 2. The molecular weight excluding hydrogens is 396 g/mol. The molecule has 7 nitrogen and oxygen atoms in total. The lowest BCUT2D eigenvalue weighted by molar-refractivity contribution is 0.0546. The maximum absolute atomic E-state index is 13.0. The number of likely N-dealkylation sites (tertiary alicyclic amines) is 1. The zero-order chi connectivity index (χ0) is 21.6. The highest BCUT2D eigenvalue weighted by atomic mass is 16.5. The largest absolute Gasteiger partial charge is 0.491 e. The van der Waals surface area contributed by atoms with Crippen LogP contribution in [0.25, 0.3) is 0 Å². The van der Waals surface area contributed by atoms with Crippen molar-refractivity contribution in [2.75, 3.05) is 39.5 Å². The Morgan fingerprint density at radius 2 is 1.90 bits per heavy atom. The molecule has 4 rings (SSSR count). The Kier molecular flexibility index (Phi) is 6.84. The van der Waals surface area contributed by atoms with Gasteiger partial charge in [-0.2, -0.15) is 0 Å². The Morgan fingerprint density at radius 1 is 1.06 bits per heavy atom. The van der Waals surface area contributed by atoms with Crippen LogP contribution in [0.4, 0.5) is 0 Å². The zero-order valence-corrected chi connectivity index (χ0v) is 17.5. The van der Waals surface area contributed by atoms with Gasteiger partial charge in [0.2, 0.25) is 0 Å². The van der Waals surface area contributed by atoms with Crippen LogP contribution in [0.15, 0.2) is 42.5 Å². The molecule has 1 fully saturated rings. The Bertz CT molecular complexity index is 937. The highest BCUT2D eigenvalue weighted by Gasteiger charge is 2.23. The molecule has 31 heavy (non-hydrogen) atoms. The van der Waals surface area contributed by atoms with Crippen molar-refractivity contribution < 1.29 is 24.2 Å². The number of benzene rings is 2. The van der Waals surface area contributed by atoms with E-state index in [0.29, 0.717) is 75.6 Å². The number of aliphatic hydroxyl groups excluding tert-OH is 1. The van der Waals surface area contributed by atoms with Gasteiger partial charge >= 0.3 is 0 Å². The summed E-state index contributed by atoms with van der Waals surface area (Å²) in [5.41, 5.74) is 3.05. The first-order valence-electron chi connectivity index (χ1n) is 10.8. The summed E-state index contributed by atoms with van der Waals surface area (Å²) in [6, 6.07) is 13.0. The van der Waals surface area contributed by atoms with Crippen molar-refractivity contribution in [2.45, 2.75) is 25.4 Å². The van der Waals surface area contributed by atoms with E-state index in [1.165, 1.54) is 0 Å². The van der Waals surface area contributed by atoms with Crippen molar-refractivity contribution in [2.24, 2.45) is 0 Å². The maximum Gasteiger partial charge on any atom is 0.253 e. The summed E-state index contributed by atoms with van der Waals surface area (Å²) in [5, 5.41) is 12.6. The fourth-order valence-corrected chi connectivity index (χ4v) is 3.94. The van der Waals surface area contributed by atoms with E-state index in [-0.39, 0.29) is 17.9 Å². The molecule has 0 aromatic heterocycles. The van der Waals surface area contributed by atoms with Gasteiger partial charge in [-0.05, 0) is 54.3 Å². The van der Waals surface area contributed by atoms with Crippen molar-refractivity contribution >= 4 is 11.8 Å². The predicted molar refractivity (Wildman–Crippen MR) is 115 cm³/mol. The molecule has 2 aromatic carbocycles. The number of rotatable bonds is 1. The molecule has 0 atom stereocenters. The van der Waals surface area contributed by atoms with Crippen LogP contribution in [-0.2, 0) is 11.2 Å². The maximum atomic E-state index is 13.0. The number of nitrogens with zero attached hydrogens (tertiary/aromatic N) is 1. The second-order valence-corrected chi connectivity index (χ2v) is 7.94. The van der Waals surface area contributed by atoms with Gasteiger partial charge in [-0.3, -0.25) is 9.59 Å². The molecule has 2 bridgehead atoms. The molecule has 2 N–H and O–H groups in total. The van der Waals surface area contributed by atoms with Gasteiger partial charge in [0.15, 0.2) is 0 Å². The standard InChI is InChI=1S/C24H28N2O5/c27-21-6-9-26(10-7-21)24(29)19-4-5-22-20(16-19)15-17-2-1-3-18(14-17)23(28)25-8-11-30-12-13-31-22/h1-5,14,16,21,27H,6-13,15H2,(H,25,28). The van der Waals surface area contributed by atoms with Gasteiger partial charge in [0.1, 0.15) is 12.4 Å². The normalized spacial score (nSPS) is 18.4. The number of carbonyl (C=O) groups excluding carboxylic acids is 2. The molecule has 0 aliphatic carbocycles. The topological polar surface area (TPSA) is 88.1 Å². The summed E-state index contributed by atoms with van der Waals surface area (Å²) in [6.45, 7) is 2.78. The van der Waals surface area contributed by atoms with E-state index in [2.05, 4.69) is 5.32 Å². The zero-order valence-electron chi connectivity index (χ0n) is 17.5. The number of piperidine rings is 1. The first kappa shape index (κ1) is 21.3. The minimum atomic E-state index is -0.325. The van der Waals surface area contributed by atoms with E-state index < -0.39 is 0 Å². The summed E-state index contributed by atoms with van der Waals surface area (Å²) in [7, 11) is 0. The first-order chi connectivity index (χ1) is 15.1. The van der Waals surface area contributed by atoms with E-state index in [1.54, 1.807) is 17.0 Å². The SMILES string of the molecule is O=C1NCCOCCOc2ccc(C(=O)N3CCC(O)CC3)cc2Cc2cccc1c2. The number of nitrogens with one attached hydrogen (secondary N) is 1. The number of aliphatic hydroxyl groups is 1. The number of carbonyl (C=O) groups is 2. The number of hydrogen-bond acceptors (Lipinski definition) is 5. The third-order valence-electron chi connectivity index (χ3n) is 5.66. The fraction of sp³-hybridized carbons (Fsp3) is 0.417. The fourth-order valence-electron chi connectivity index (χ4n) is 3.94. The van der Waals surface area contributed by atoms with Crippen LogP contribution in [0.1, 0.15) is 44.7 Å². The third kappa shape index (κ3) is 5.42. The number of fused-ring (bicyclic) bond motifs is 3. The lowest BCUT2D eigenvalue weighted by atomic mass is 9.99. The van der Waals surface area contributed by atoms with Gasteiger partial charge in [0.05, 0.1) is 19.3 Å². The summed E-state index contributed by atoms with van der Waals surface area (Å²) >= 11 is 0. The minimum absolute atomic E-state index is 0.0365. The monoisotopic (exact) mass is 424 g/mol. The number of ether oxygens (including phenoxy) is 2. The van der Waals surface area contributed by atoms with E-state index in [4.69, 9.17) is 9.47 Å². The Hall–Kier alpha value is -2.90. The van der Waals surface area contributed by atoms with Crippen LogP contribution in [0.2, 0.25) is 0 Å². The average molecular weight is 424 g/mol. The minimum Gasteiger partial charge on any atom is -0.491 e. The molecule has 2 aromatic rings. The first-order valence-corrected chi connectivity index (χ1v) is 10.8. The highest BCUT2D eigenvalue weighted by Crippen LogP contribution is 2.25. The molecule has 0 spiro atoms. The molecule has 0 unspecified atom stereocenters. The summed E-state index contributed by atoms with van der Waals surface area (Å²) in [5.74, 6) is 0.543. The van der Waals surface area contributed by atoms with Gasteiger partial charge < -0.3 is 24.8 Å². The van der Waals surface area contributed by atoms with E-state index in [9.17, 15) is 14.7 Å². The molecule has 7 heteroatoms. The molecule has 1 saturated heterocycles. The van der Waals surface area contributed by atoms with Crippen LogP contribution >= 0.6 is 0 Å². The van der Waals surface area contributed by atoms with Crippen molar-refractivity contribution in [3.05, 3.63) is 64.7 Å². The second kappa shape index (κ2) is 9.94. The van der Waals surface area contributed by atoms with Gasteiger partial charge in [-0.15, -0.1) is 0 Å². The van der Waals surface area contributed by atoms with Crippen molar-refractivity contribution in [1.29, 1.82) is 0 Å². The number of amides is 2. The highest BCUT2D eigenvalue weighted by molar-refractivity contribution is 5.95. The molecule has 164 valence electrons. The van der Waals surface area contributed by atoms with Crippen LogP contribution in [-0.4, -0.2) is 67.4 Å². The molecule has 0 radical (unpaired) electrons. The van der Waals surface area contributed by atoms with Crippen LogP contribution < -0.4 is 10.1 Å². The molecule has 2 amide bonds. The van der Waals surface area contributed by atoms with E-state index in [1.807, 2.05) is 30.3 Å². The Balaban J connectivity index is 1.61. The second-order valence-electron chi connectivity index (χ2n) is 7.94. The molecule has 0 saturated carbocycles. The van der Waals surface area contributed by atoms with Crippen molar-refractivity contribution in [1.82, 2.24) is 10.2 Å². The third-order valence-corrected chi connectivity index (χ3v) is 5.66. The molecule has 2 heterocycles. The quantitative estimate of drug-likeness (QED) is 0.731.